The molecular formula is C26H28ClN7O4. The number of hydrogen-bond acceptors (Lipinski definition) is 7. The highest BCUT2D eigenvalue weighted by molar-refractivity contribution is 6.30. The van der Waals surface area contributed by atoms with Crippen LogP contribution < -0.4 is 32.5 Å². The van der Waals surface area contributed by atoms with E-state index in [0.717, 1.165) is 10.1 Å². The number of halogens is 1. The highest BCUT2D eigenvalue weighted by Crippen LogP contribution is 2.27. The van der Waals surface area contributed by atoms with E-state index in [4.69, 9.17) is 22.1 Å². The van der Waals surface area contributed by atoms with Gasteiger partial charge in [-0.25, -0.2) is 14.2 Å². The smallest absolute Gasteiger partial charge is 0.354 e. The van der Waals surface area contributed by atoms with Gasteiger partial charge in [-0.15, -0.1) is 0 Å². The molecule has 1 aliphatic heterocycles. The summed E-state index contributed by atoms with van der Waals surface area (Å²) >= 11 is 5.99. The van der Waals surface area contributed by atoms with Gasteiger partial charge in [0.15, 0.2) is 0 Å². The fraction of sp³-hybridized carbons (Fsp3) is 0.269. The summed E-state index contributed by atoms with van der Waals surface area (Å²) in [5.41, 5.74) is 4.82. The molecule has 0 saturated carbocycles. The van der Waals surface area contributed by atoms with Gasteiger partial charge < -0.3 is 21.1 Å². The van der Waals surface area contributed by atoms with Crippen molar-refractivity contribution < 1.29 is 9.53 Å². The van der Waals surface area contributed by atoms with Crippen LogP contribution in [0.15, 0.2) is 75.4 Å². The van der Waals surface area contributed by atoms with E-state index in [1.165, 1.54) is 4.57 Å². The Morgan fingerprint density at radius 3 is 2.55 bits per heavy atom. The lowest BCUT2D eigenvalue weighted by Gasteiger charge is -2.31. The van der Waals surface area contributed by atoms with Crippen molar-refractivity contribution in [2.24, 2.45) is 10.7 Å². The number of primary amides is 1. The lowest BCUT2D eigenvalue weighted by Crippen LogP contribution is -2.42. The monoisotopic (exact) mass is 537 g/mol. The quantitative estimate of drug-likeness (QED) is 0.380. The Balaban J connectivity index is 1.54. The Hall–Kier alpha value is -4.38. The van der Waals surface area contributed by atoms with Gasteiger partial charge in [0, 0.05) is 29.9 Å². The van der Waals surface area contributed by atoms with Gasteiger partial charge in [0.2, 0.25) is 11.9 Å². The van der Waals surface area contributed by atoms with Crippen molar-refractivity contribution in [2.45, 2.75) is 39.0 Å². The zero-order valence-electron chi connectivity index (χ0n) is 21.0. The molecule has 0 fully saturated rings. The third-order valence-electron chi connectivity index (χ3n) is 5.81. The number of hydrogen-bond donors (Lipinski definition) is 3. The molecule has 0 saturated heterocycles. The summed E-state index contributed by atoms with van der Waals surface area (Å²) in [6.45, 7) is 3.92. The molecule has 0 radical (unpaired) electrons. The van der Waals surface area contributed by atoms with E-state index in [-0.39, 0.29) is 25.6 Å². The maximum Gasteiger partial charge on any atom is 0.354 e. The standard InChI is InChI=1S/C26H28ClN7O4/c1-3-33-24(36)32-23(34(25(33)37)16-17-4-6-18(27)7-5-17)31-19-8-10-20(11-9-19)38-26(2)12-13-29-22(14-26)30-15-21(28)35/h4-13H,3,14-16H2,1-2H3,(H2,28,35)(H,29,30)(H,31,32,36). The van der Waals surface area contributed by atoms with Crippen molar-refractivity contribution in [3.8, 4) is 5.75 Å². The minimum absolute atomic E-state index is 0.105. The summed E-state index contributed by atoms with van der Waals surface area (Å²) in [6.07, 6.45) is 4.00. The number of amides is 1. The number of rotatable bonds is 9. The van der Waals surface area contributed by atoms with Crippen LogP contribution in [0.5, 0.6) is 5.75 Å². The largest absolute Gasteiger partial charge is 0.483 e. The van der Waals surface area contributed by atoms with Crippen LogP contribution in [-0.2, 0) is 17.9 Å². The fourth-order valence-electron chi connectivity index (χ4n) is 3.92. The molecule has 0 spiro atoms. The van der Waals surface area contributed by atoms with Crippen LogP contribution in [0.1, 0.15) is 25.8 Å². The van der Waals surface area contributed by atoms with Gasteiger partial charge >= 0.3 is 11.4 Å². The van der Waals surface area contributed by atoms with Gasteiger partial charge in [-0.1, -0.05) is 23.7 Å². The van der Waals surface area contributed by atoms with Crippen molar-refractivity contribution in [3.63, 3.8) is 0 Å². The molecule has 1 amide bonds. The van der Waals surface area contributed by atoms with Crippen LogP contribution in [0.25, 0.3) is 0 Å². The number of nitrogens with two attached hydrogens (primary N) is 1. The van der Waals surface area contributed by atoms with E-state index >= 15 is 0 Å². The molecule has 3 aromatic rings. The lowest BCUT2D eigenvalue weighted by molar-refractivity contribution is -0.116. The Morgan fingerprint density at radius 1 is 1.18 bits per heavy atom. The first-order valence-electron chi connectivity index (χ1n) is 11.9. The molecule has 0 bridgehead atoms. The Kier molecular flexibility index (Phi) is 7.96. The average Bonchev–Trinajstić information content (AvgIpc) is 2.87. The first-order valence-corrected chi connectivity index (χ1v) is 12.3. The molecule has 0 aliphatic carbocycles. The number of carbonyl (C=O) groups is 1. The Bertz CT molecular complexity index is 1490. The number of amidine groups is 1. The van der Waals surface area contributed by atoms with Crippen LogP contribution in [-0.4, -0.2) is 38.0 Å². The number of anilines is 2. The zero-order valence-corrected chi connectivity index (χ0v) is 21.7. The fourth-order valence-corrected chi connectivity index (χ4v) is 4.04. The van der Waals surface area contributed by atoms with E-state index in [2.05, 4.69) is 20.6 Å². The predicted octanol–water partition coefficient (Wildman–Crippen LogP) is 2.40. The molecule has 1 unspecified atom stereocenters. The number of nitrogens with one attached hydrogen (secondary N) is 2. The van der Waals surface area contributed by atoms with Gasteiger partial charge in [-0.3, -0.25) is 14.4 Å². The van der Waals surface area contributed by atoms with Crippen LogP contribution in [0.4, 0.5) is 11.6 Å². The summed E-state index contributed by atoms with van der Waals surface area (Å²) in [4.78, 5) is 44.9. The van der Waals surface area contributed by atoms with Gasteiger partial charge in [0.05, 0.1) is 6.54 Å². The first kappa shape index (κ1) is 26.7. The van der Waals surface area contributed by atoms with Gasteiger partial charge in [-0.2, -0.15) is 4.98 Å². The topological polar surface area (TPSA) is 146 Å². The summed E-state index contributed by atoms with van der Waals surface area (Å²) in [6, 6.07) is 14.1. The SMILES string of the molecule is CCn1c(=O)nc(Nc2ccc(OC3(C)C=CNC(=NCC(N)=O)C3)cc2)n(Cc2ccc(Cl)cc2)c1=O. The van der Waals surface area contributed by atoms with Crippen molar-refractivity contribution >= 4 is 35.0 Å². The molecule has 2 heterocycles. The minimum Gasteiger partial charge on any atom is -0.483 e. The van der Waals surface area contributed by atoms with Gasteiger partial charge in [0.1, 0.15) is 23.7 Å². The molecular weight excluding hydrogens is 510 g/mol. The van der Waals surface area contributed by atoms with Crippen molar-refractivity contribution in [1.29, 1.82) is 0 Å². The number of aliphatic imine (C=N–C) groups is 1. The van der Waals surface area contributed by atoms with Crippen LogP contribution in [0.3, 0.4) is 0 Å². The van der Waals surface area contributed by atoms with E-state index < -0.39 is 22.9 Å². The molecule has 4 N–H and O–H groups in total. The number of carbonyl (C=O) groups excluding carboxylic acids is 1. The summed E-state index contributed by atoms with van der Waals surface area (Å²) in [5, 5.41) is 6.66. The summed E-state index contributed by atoms with van der Waals surface area (Å²) in [7, 11) is 0. The number of benzene rings is 2. The molecule has 1 aliphatic rings. The molecule has 2 aromatic carbocycles. The van der Waals surface area contributed by atoms with Crippen LogP contribution in [0.2, 0.25) is 5.02 Å². The highest BCUT2D eigenvalue weighted by Gasteiger charge is 2.28. The lowest BCUT2D eigenvalue weighted by atomic mass is 9.98. The van der Waals surface area contributed by atoms with Crippen molar-refractivity contribution in [1.82, 2.24) is 19.4 Å². The number of aromatic nitrogens is 3. The Morgan fingerprint density at radius 2 is 1.89 bits per heavy atom. The van der Waals surface area contributed by atoms with Gasteiger partial charge in [0.25, 0.3) is 0 Å². The molecule has 38 heavy (non-hydrogen) atoms. The maximum absolute atomic E-state index is 13.1. The van der Waals surface area contributed by atoms with E-state index in [9.17, 15) is 14.4 Å². The zero-order chi connectivity index (χ0) is 27.3. The molecule has 1 atom stereocenters. The first-order chi connectivity index (χ1) is 18.2. The number of nitrogens with zero attached hydrogens (tertiary/aromatic N) is 4. The van der Waals surface area contributed by atoms with Crippen LogP contribution >= 0.6 is 11.6 Å². The van der Waals surface area contributed by atoms with E-state index in [1.54, 1.807) is 49.5 Å². The number of ether oxygens (including phenoxy) is 1. The molecule has 198 valence electrons. The second-order valence-corrected chi connectivity index (χ2v) is 9.34. The van der Waals surface area contributed by atoms with E-state index in [1.807, 2.05) is 25.1 Å². The molecule has 4 rings (SSSR count). The third kappa shape index (κ3) is 6.48. The predicted molar refractivity (Wildman–Crippen MR) is 146 cm³/mol. The average molecular weight is 538 g/mol. The third-order valence-corrected chi connectivity index (χ3v) is 6.06. The minimum atomic E-state index is -0.693. The molecule has 1 aromatic heterocycles. The van der Waals surface area contributed by atoms with E-state index in [0.29, 0.717) is 28.7 Å². The highest BCUT2D eigenvalue weighted by atomic mass is 35.5. The maximum atomic E-state index is 13.1. The normalized spacial score (nSPS) is 17.7. The summed E-state index contributed by atoms with van der Waals surface area (Å²) in [5.74, 6) is 0.793. The summed E-state index contributed by atoms with van der Waals surface area (Å²) < 4.78 is 8.66. The molecule has 12 heteroatoms. The second kappa shape index (κ2) is 11.3. The van der Waals surface area contributed by atoms with Gasteiger partial charge in [-0.05, 0) is 61.9 Å². The molecule has 11 nitrogen and oxygen atoms in total. The van der Waals surface area contributed by atoms with Crippen molar-refractivity contribution in [3.05, 3.63) is 92.4 Å². The van der Waals surface area contributed by atoms with Crippen molar-refractivity contribution in [2.75, 3.05) is 11.9 Å². The Labute approximate surface area is 223 Å². The van der Waals surface area contributed by atoms with Crippen LogP contribution in [0, 0.1) is 0 Å². The second-order valence-electron chi connectivity index (χ2n) is 8.91.